The summed E-state index contributed by atoms with van der Waals surface area (Å²) < 4.78 is 0. The Bertz CT molecular complexity index is 506. The van der Waals surface area contributed by atoms with Gasteiger partial charge in [0.25, 0.3) is 0 Å². The number of carbonyl (C=O) groups is 1. The van der Waals surface area contributed by atoms with Crippen LogP contribution < -0.4 is 0 Å². The molecule has 2 aromatic rings. The van der Waals surface area contributed by atoms with Crippen LogP contribution in [0.4, 0.5) is 0 Å². The number of nitrogens with zero attached hydrogens (tertiary/aromatic N) is 5. The van der Waals surface area contributed by atoms with Gasteiger partial charge in [0, 0.05) is 11.8 Å². The number of ketones is 1. The summed E-state index contributed by atoms with van der Waals surface area (Å²) in [5.41, 5.74) is 1.10. The van der Waals surface area contributed by atoms with Crippen molar-refractivity contribution in [3.8, 4) is 11.5 Å². The average Bonchev–Trinajstić information content (AvgIpc) is 2.30. The zero-order chi connectivity index (χ0) is 11.5. The van der Waals surface area contributed by atoms with Crippen molar-refractivity contribution in [2.45, 2.75) is 13.8 Å². The minimum absolute atomic E-state index is 0.0277. The molecule has 0 saturated carbocycles. The highest BCUT2D eigenvalue weighted by Crippen LogP contribution is 2.10. The van der Waals surface area contributed by atoms with E-state index in [1.807, 2.05) is 0 Å². The zero-order valence-corrected chi connectivity index (χ0v) is 8.88. The summed E-state index contributed by atoms with van der Waals surface area (Å²) in [7, 11) is 0. The molecule has 0 fully saturated rings. The van der Waals surface area contributed by atoms with E-state index in [-0.39, 0.29) is 5.78 Å². The van der Waals surface area contributed by atoms with Crippen LogP contribution in [0.15, 0.2) is 18.3 Å². The second-order valence-corrected chi connectivity index (χ2v) is 3.26. The maximum Gasteiger partial charge on any atom is 0.221 e. The lowest BCUT2D eigenvalue weighted by atomic mass is 10.2. The SMILES string of the molecule is CC(=O)c1ccc(-c2nnc(C)nn2)nc1. The number of hydrogen-bond acceptors (Lipinski definition) is 6. The minimum Gasteiger partial charge on any atom is -0.294 e. The predicted octanol–water partition coefficient (Wildman–Crippen LogP) is 0.840. The molecule has 2 rings (SSSR count). The van der Waals surface area contributed by atoms with Crippen molar-refractivity contribution in [2.24, 2.45) is 0 Å². The fourth-order valence-corrected chi connectivity index (χ4v) is 1.12. The molecule has 0 radical (unpaired) electrons. The van der Waals surface area contributed by atoms with Crippen LogP contribution in [0.2, 0.25) is 0 Å². The second-order valence-electron chi connectivity index (χ2n) is 3.26. The highest BCUT2D eigenvalue weighted by Gasteiger charge is 2.05. The number of rotatable bonds is 2. The van der Waals surface area contributed by atoms with Gasteiger partial charge in [0.2, 0.25) is 5.82 Å². The molecule has 0 aliphatic heterocycles. The molecular weight excluding hydrogens is 206 g/mol. The van der Waals surface area contributed by atoms with Crippen LogP contribution in [0.25, 0.3) is 11.5 Å². The van der Waals surface area contributed by atoms with Gasteiger partial charge in [-0.1, -0.05) is 0 Å². The van der Waals surface area contributed by atoms with E-state index in [4.69, 9.17) is 0 Å². The van der Waals surface area contributed by atoms with Crippen molar-refractivity contribution in [1.82, 2.24) is 25.4 Å². The molecule has 0 bridgehead atoms. The lowest BCUT2D eigenvalue weighted by molar-refractivity contribution is 0.101. The fourth-order valence-electron chi connectivity index (χ4n) is 1.12. The third-order valence-corrected chi connectivity index (χ3v) is 1.98. The molecule has 0 atom stereocenters. The predicted molar refractivity (Wildman–Crippen MR) is 55.6 cm³/mol. The Kier molecular flexibility index (Phi) is 2.63. The molecule has 2 aromatic heterocycles. The van der Waals surface area contributed by atoms with Crippen LogP contribution in [0.1, 0.15) is 23.1 Å². The quantitative estimate of drug-likeness (QED) is 0.690. The molecule has 0 saturated heterocycles. The van der Waals surface area contributed by atoms with Gasteiger partial charge in [-0.25, -0.2) is 0 Å². The first kappa shape index (κ1) is 10.3. The summed E-state index contributed by atoms with van der Waals surface area (Å²) in [6, 6.07) is 3.35. The third kappa shape index (κ3) is 2.05. The first-order chi connectivity index (χ1) is 7.66. The standard InChI is InChI=1S/C10H9N5O/c1-6(16)8-3-4-9(11-5-8)10-14-12-7(2)13-15-10/h3-5H,1-2H3. The fraction of sp³-hybridized carbons (Fsp3) is 0.200. The topological polar surface area (TPSA) is 81.5 Å². The van der Waals surface area contributed by atoms with E-state index in [1.165, 1.54) is 13.1 Å². The van der Waals surface area contributed by atoms with E-state index >= 15 is 0 Å². The minimum atomic E-state index is -0.0277. The number of hydrogen-bond donors (Lipinski definition) is 0. The first-order valence-corrected chi connectivity index (χ1v) is 4.68. The van der Waals surface area contributed by atoms with E-state index in [1.54, 1.807) is 19.1 Å². The van der Waals surface area contributed by atoms with E-state index in [0.29, 0.717) is 22.9 Å². The number of Topliss-reactive ketones (excluding diaryl/α,β-unsaturated/α-hetero) is 1. The zero-order valence-electron chi connectivity index (χ0n) is 8.88. The Morgan fingerprint density at radius 2 is 1.81 bits per heavy atom. The lowest BCUT2D eigenvalue weighted by Crippen LogP contribution is -2.00. The van der Waals surface area contributed by atoms with Gasteiger partial charge in [-0.3, -0.25) is 9.78 Å². The van der Waals surface area contributed by atoms with Crippen molar-refractivity contribution < 1.29 is 4.79 Å². The Morgan fingerprint density at radius 3 is 2.31 bits per heavy atom. The summed E-state index contributed by atoms with van der Waals surface area (Å²) in [6.07, 6.45) is 1.49. The highest BCUT2D eigenvalue weighted by molar-refractivity contribution is 5.93. The van der Waals surface area contributed by atoms with E-state index < -0.39 is 0 Å². The van der Waals surface area contributed by atoms with Gasteiger partial charge in [0.1, 0.15) is 5.69 Å². The van der Waals surface area contributed by atoms with Crippen molar-refractivity contribution in [3.05, 3.63) is 29.7 Å². The van der Waals surface area contributed by atoms with Crippen molar-refractivity contribution >= 4 is 5.78 Å². The van der Waals surface area contributed by atoms with Crippen LogP contribution >= 0.6 is 0 Å². The summed E-state index contributed by atoms with van der Waals surface area (Å²) in [5, 5.41) is 15.3. The summed E-state index contributed by atoms with van der Waals surface area (Å²) >= 11 is 0. The maximum atomic E-state index is 11.0. The van der Waals surface area contributed by atoms with Gasteiger partial charge in [-0.05, 0) is 26.0 Å². The number of aromatic nitrogens is 5. The highest BCUT2D eigenvalue weighted by atomic mass is 16.1. The molecule has 16 heavy (non-hydrogen) atoms. The third-order valence-electron chi connectivity index (χ3n) is 1.98. The number of pyridine rings is 1. The molecule has 6 heteroatoms. The Hall–Kier alpha value is -2.24. The van der Waals surface area contributed by atoms with E-state index in [2.05, 4.69) is 25.4 Å². The van der Waals surface area contributed by atoms with Crippen LogP contribution in [0.5, 0.6) is 0 Å². The number of carbonyl (C=O) groups excluding carboxylic acids is 1. The van der Waals surface area contributed by atoms with Crippen LogP contribution in [0, 0.1) is 6.92 Å². The van der Waals surface area contributed by atoms with E-state index in [9.17, 15) is 4.79 Å². The monoisotopic (exact) mass is 215 g/mol. The molecular formula is C10H9N5O. The van der Waals surface area contributed by atoms with Crippen LogP contribution in [-0.2, 0) is 0 Å². The van der Waals surface area contributed by atoms with Gasteiger partial charge in [-0.2, -0.15) is 0 Å². The molecule has 0 unspecified atom stereocenters. The van der Waals surface area contributed by atoms with Gasteiger partial charge in [-0.15, -0.1) is 20.4 Å². The second kappa shape index (κ2) is 4.09. The molecule has 0 spiro atoms. The molecule has 0 aliphatic carbocycles. The van der Waals surface area contributed by atoms with Crippen molar-refractivity contribution in [1.29, 1.82) is 0 Å². The maximum absolute atomic E-state index is 11.0. The summed E-state index contributed by atoms with van der Waals surface area (Å²) in [5.74, 6) is 0.824. The summed E-state index contributed by atoms with van der Waals surface area (Å²) in [6.45, 7) is 3.19. The smallest absolute Gasteiger partial charge is 0.221 e. The van der Waals surface area contributed by atoms with Gasteiger partial charge in [0.15, 0.2) is 11.6 Å². The molecule has 6 nitrogen and oxygen atoms in total. The Morgan fingerprint density at radius 1 is 1.12 bits per heavy atom. The Labute approximate surface area is 91.8 Å². The van der Waals surface area contributed by atoms with Crippen molar-refractivity contribution in [2.75, 3.05) is 0 Å². The normalized spacial score (nSPS) is 10.1. The molecule has 0 aliphatic rings. The average molecular weight is 215 g/mol. The van der Waals surface area contributed by atoms with Gasteiger partial charge >= 0.3 is 0 Å². The van der Waals surface area contributed by atoms with Crippen LogP contribution in [0.3, 0.4) is 0 Å². The molecule has 80 valence electrons. The largest absolute Gasteiger partial charge is 0.294 e. The van der Waals surface area contributed by atoms with Crippen molar-refractivity contribution in [3.63, 3.8) is 0 Å². The number of aryl methyl sites for hydroxylation is 1. The Balaban J connectivity index is 2.34. The van der Waals surface area contributed by atoms with Gasteiger partial charge in [0.05, 0.1) is 0 Å². The van der Waals surface area contributed by atoms with Crippen LogP contribution in [-0.4, -0.2) is 31.2 Å². The lowest BCUT2D eigenvalue weighted by Gasteiger charge is -1.98. The van der Waals surface area contributed by atoms with Gasteiger partial charge < -0.3 is 0 Å². The molecule has 0 aromatic carbocycles. The van der Waals surface area contributed by atoms with E-state index in [0.717, 1.165) is 0 Å². The molecule has 2 heterocycles. The molecule has 0 amide bonds. The summed E-state index contributed by atoms with van der Waals surface area (Å²) in [4.78, 5) is 15.1. The molecule has 0 N–H and O–H groups in total. The first-order valence-electron chi connectivity index (χ1n) is 4.68.